The SMILES string of the molecule is CCOC(=O)c1cc(C(=O)NC(C)COC)cc([N+](=O)[O-])c1. The summed E-state index contributed by atoms with van der Waals surface area (Å²) in [4.78, 5) is 34.1. The third-order valence-corrected chi connectivity index (χ3v) is 2.70. The van der Waals surface area contributed by atoms with Crippen LogP contribution in [-0.4, -0.2) is 43.2 Å². The van der Waals surface area contributed by atoms with E-state index in [2.05, 4.69) is 5.32 Å². The van der Waals surface area contributed by atoms with Crippen LogP contribution in [0.15, 0.2) is 18.2 Å². The quantitative estimate of drug-likeness (QED) is 0.465. The first-order valence-electron chi connectivity index (χ1n) is 6.65. The molecule has 0 aliphatic heterocycles. The topological polar surface area (TPSA) is 108 Å². The van der Waals surface area contributed by atoms with Gasteiger partial charge in [-0.2, -0.15) is 0 Å². The van der Waals surface area contributed by atoms with Gasteiger partial charge in [-0.3, -0.25) is 14.9 Å². The Kier molecular flexibility index (Phi) is 6.46. The van der Waals surface area contributed by atoms with Gasteiger partial charge in [0.05, 0.1) is 23.7 Å². The summed E-state index contributed by atoms with van der Waals surface area (Å²) in [7, 11) is 1.49. The van der Waals surface area contributed by atoms with Crippen LogP contribution in [0.4, 0.5) is 5.69 Å². The molecular weight excluding hydrogens is 292 g/mol. The molecule has 1 rings (SSSR count). The van der Waals surface area contributed by atoms with Gasteiger partial charge in [0, 0.05) is 30.8 Å². The third-order valence-electron chi connectivity index (χ3n) is 2.70. The van der Waals surface area contributed by atoms with E-state index in [1.54, 1.807) is 13.8 Å². The van der Waals surface area contributed by atoms with E-state index in [1.807, 2.05) is 0 Å². The van der Waals surface area contributed by atoms with Crippen molar-refractivity contribution in [3.63, 3.8) is 0 Å². The van der Waals surface area contributed by atoms with Crippen molar-refractivity contribution in [2.24, 2.45) is 0 Å². The normalized spacial score (nSPS) is 11.6. The van der Waals surface area contributed by atoms with Crippen LogP contribution in [0, 0.1) is 10.1 Å². The number of amides is 1. The van der Waals surface area contributed by atoms with Crippen LogP contribution in [0.5, 0.6) is 0 Å². The maximum atomic E-state index is 12.1. The number of esters is 1. The van der Waals surface area contributed by atoms with E-state index in [1.165, 1.54) is 13.2 Å². The number of rotatable bonds is 7. The number of nitrogens with one attached hydrogen (secondary N) is 1. The number of ether oxygens (including phenoxy) is 2. The van der Waals surface area contributed by atoms with E-state index < -0.39 is 16.8 Å². The standard InChI is InChI=1S/C14H18N2O6/c1-4-22-14(18)11-5-10(6-12(7-11)16(19)20)13(17)15-9(2)8-21-3/h5-7,9H,4,8H2,1-3H3,(H,15,17). The fourth-order valence-electron chi connectivity index (χ4n) is 1.78. The number of hydrogen-bond donors (Lipinski definition) is 1. The summed E-state index contributed by atoms with van der Waals surface area (Å²) in [6.45, 7) is 3.78. The Morgan fingerprint density at radius 3 is 2.50 bits per heavy atom. The number of hydrogen-bond acceptors (Lipinski definition) is 6. The van der Waals surface area contributed by atoms with Crippen molar-refractivity contribution >= 4 is 17.6 Å². The van der Waals surface area contributed by atoms with Gasteiger partial charge in [-0.15, -0.1) is 0 Å². The zero-order valence-electron chi connectivity index (χ0n) is 12.6. The van der Waals surface area contributed by atoms with Gasteiger partial charge < -0.3 is 14.8 Å². The predicted molar refractivity (Wildman–Crippen MR) is 77.9 cm³/mol. The molecular formula is C14H18N2O6. The first-order chi connectivity index (χ1) is 10.4. The second kappa shape index (κ2) is 8.08. The van der Waals surface area contributed by atoms with Crippen LogP contribution in [-0.2, 0) is 9.47 Å². The van der Waals surface area contributed by atoms with Crippen molar-refractivity contribution in [1.82, 2.24) is 5.32 Å². The fourth-order valence-corrected chi connectivity index (χ4v) is 1.78. The number of nitro benzene ring substituents is 1. The van der Waals surface area contributed by atoms with Crippen LogP contribution in [0.25, 0.3) is 0 Å². The average molecular weight is 310 g/mol. The number of carbonyl (C=O) groups excluding carboxylic acids is 2. The lowest BCUT2D eigenvalue weighted by Crippen LogP contribution is -2.35. The summed E-state index contributed by atoms with van der Waals surface area (Å²) in [5.41, 5.74) is -0.379. The zero-order valence-corrected chi connectivity index (χ0v) is 12.6. The second-order valence-electron chi connectivity index (χ2n) is 4.58. The number of nitro groups is 1. The maximum absolute atomic E-state index is 12.1. The molecule has 0 saturated heterocycles. The highest BCUT2D eigenvalue weighted by Gasteiger charge is 2.19. The molecule has 0 spiro atoms. The monoisotopic (exact) mass is 310 g/mol. The van der Waals surface area contributed by atoms with Gasteiger partial charge in [-0.25, -0.2) is 4.79 Å². The lowest BCUT2D eigenvalue weighted by Gasteiger charge is -2.13. The van der Waals surface area contributed by atoms with Crippen LogP contribution in [0.1, 0.15) is 34.6 Å². The second-order valence-corrected chi connectivity index (χ2v) is 4.58. The Balaban J connectivity index is 3.10. The molecule has 8 nitrogen and oxygen atoms in total. The Hall–Kier alpha value is -2.48. The zero-order chi connectivity index (χ0) is 16.7. The summed E-state index contributed by atoms with van der Waals surface area (Å²) in [5, 5.41) is 13.6. The number of methoxy groups -OCH3 is 1. The molecule has 1 amide bonds. The average Bonchev–Trinajstić information content (AvgIpc) is 2.47. The van der Waals surface area contributed by atoms with E-state index in [0.29, 0.717) is 6.61 Å². The minimum Gasteiger partial charge on any atom is -0.462 e. The molecule has 8 heteroatoms. The van der Waals surface area contributed by atoms with Crippen LogP contribution in [0.3, 0.4) is 0 Å². The molecule has 120 valence electrons. The first-order valence-corrected chi connectivity index (χ1v) is 6.65. The van der Waals surface area contributed by atoms with Crippen LogP contribution < -0.4 is 5.32 Å². The number of nitrogens with zero attached hydrogens (tertiary/aromatic N) is 1. The number of carbonyl (C=O) groups is 2. The minimum atomic E-state index is -0.717. The summed E-state index contributed by atoms with van der Waals surface area (Å²) in [6, 6.07) is 3.17. The predicted octanol–water partition coefficient (Wildman–Crippen LogP) is 1.54. The third kappa shape index (κ3) is 4.81. The summed E-state index contributed by atoms with van der Waals surface area (Å²) < 4.78 is 9.70. The molecule has 0 aliphatic carbocycles. The molecule has 1 unspecified atom stereocenters. The van der Waals surface area contributed by atoms with Crippen molar-refractivity contribution in [3.05, 3.63) is 39.4 Å². The van der Waals surface area contributed by atoms with E-state index in [9.17, 15) is 19.7 Å². The lowest BCUT2D eigenvalue weighted by atomic mass is 10.1. The largest absolute Gasteiger partial charge is 0.462 e. The maximum Gasteiger partial charge on any atom is 0.338 e. The fraction of sp³-hybridized carbons (Fsp3) is 0.429. The Bertz CT molecular complexity index is 572. The summed E-state index contributed by atoms with van der Waals surface area (Å²) >= 11 is 0. The molecule has 1 aromatic rings. The number of non-ortho nitro benzene ring substituents is 1. The Labute approximate surface area is 127 Å². The molecule has 1 aromatic carbocycles. The molecule has 0 bridgehead atoms. The molecule has 0 aliphatic rings. The molecule has 0 radical (unpaired) electrons. The van der Waals surface area contributed by atoms with Gasteiger partial charge in [-0.05, 0) is 19.9 Å². The molecule has 1 N–H and O–H groups in total. The van der Waals surface area contributed by atoms with Crippen molar-refractivity contribution in [2.45, 2.75) is 19.9 Å². The molecule has 0 heterocycles. The number of benzene rings is 1. The molecule has 0 fully saturated rings. The van der Waals surface area contributed by atoms with Crippen LogP contribution in [0.2, 0.25) is 0 Å². The van der Waals surface area contributed by atoms with Crippen LogP contribution >= 0.6 is 0 Å². The smallest absolute Gasteiger partial charge is 0.338 e. The highest BCUT2D eigenvalue weighted by Crippen LogP contribution is 2.18. The molecule has 22 heavy (non-hydrogen) atoms. The first kappa shape index (κ1) is 17.6. The highest BCUT2D eigenvalue weighted by molar-refractivity contribution is 5.99. The Morgan fingerprint density at radius 1 is 1.32 bits per heavy atom. The van der Waals surface area contributed by atoms with E-state index in [-0.39, 0.29) is 29.5 Å². The molecule has 0 saturated carbocycles. The summed E-state index contributed by atoms with van der Waals surface area (Å²) in [5.74, 6) is -1.25. The summed E-state index contributed by atoms with van der Waals surface area (Å²) in [6.07, 6.45) is 0. The van der Waals surface area contributed by atoms with Crippen molar-refractivity contribution in [2.75, 3.05) is 20.3 Å². The molecule has 1 atom stereocenters. The molecule has 0 aromatic heterocycles. The van der Waals surface area contributed by atoms with E-state index in [0.717, 1.165) is 12.1 Å². The van der Waals surface area contributed by atoms with Gasteiger partial charge in [0.1, 0.15) is 0 Å². The van der Waals surface area contributed by atoms with Crippen molar-refractivity contribution in [3.8, 4) is 0 Å². The van der Waals surface area contributed by atoms with Crippen molar-refractivity contribution < 1.29 is 24.0 Å². The van der Waals surface area contributed by atoms with Gasteiger partial charge in [0.2, 0.25) is 0 Å². The minimum absolute atomic E-state index is 0.0141. The lowest BCUT2D eigenvalue weighted by molar-refractivity contribution is -0.384. The van der Waals surface area contributed by atoms with Gasteiger partial charge >= 0.3 is 5.97 Å². The van der Waals surface area contributed by atoms with E-state index in [4.69, 9.17) is 9.47 Å². The van der Waals surface area contributed by atoms with Crippen molar-refractivity contribution in [1.29, 1.82) is 0 Å². The Morgan fingerprint density at radius 2 is 1.95 bits per heavy atom. The van der Waals surface area contributed by atoms with E-state index >= 15 is 0 Å². The van der Waals surface area contributed by atoms with Gasteiger partial charge in [-0.1, -0.05) is 0 Å². The highest BCUT2D eigenvalue weighted by atomic mass is 16.6. The van der Waals surface area contributed by atoms with Gasteiger partial charge in [0.15, 0.2) is 0 Å². The van der Waals surface area contributed by atoms with Gasteiger partial charge in [0.25, 0.3) is 11.6 Å².